The van der Waals surface area contributed by atoms with E-state index in [1.807, 2.05) is 37.3 Å². The van der Waals surface area contributed by atoms with Crippen LogP contribution in [0.15, 0.2) is 54.6 Å². The van der Waals surface area contributed by atoms with E-state index in [1.54, 1.807) is 24.3 Å². The van der Waals surface area contributed by atoms with Gasteiger partial charge in [-0.15, -0.1) is 0 Å². The van der Waals surface area contributed by atoms with E-state index in [1.165, 1.54) is 0 Å². The lowest BCUT2D eigenvalue weighted by molar-refractivity contribution is -0.200. The molecule has 1 saturated carbocycles. The van der Waals surface area contributed by atoms with Crippen LogP contribution in [-0.4, -0.2) is 46.6 Å². The summed E-state index contributed by atoms with van der Waals surface area (Å²) in [5.74, 6) is -0.345. The maximum atomic E-state index is 13.0. The number of likely N-dealkylation sites (N-methyl/N-ethyl adjacent to an activating group) is 1. The lowest BCUT2D eigenvalue weighted by atomic mass is 9.78. The average Bonchev–Trinajstić information content (AvgIpc) is 2.80. The van der Waals surface area contributed by atoms with E-state index < -0.39 is 23.9 Å². The first-order valence-corrected chi connectivity index (χ1v) is 10.4. The number of nitriles is 1. The molecule has 4 atom stereocenters. The minimum atomic E-state index is -1.34. The monoisotopic (exact) mass is 424 g/mol. The maximum absolute atomic E-state index is 13.0. The quantitative estimate of drug-likeness (QED) is 0.598. The highest BCUT2D eigenvalue weighted by Crippen LogP contribution is 2.35. The van der Waals surface area contributed by atoms with Crippen molar-refractivity contribution in [3.05, 3.63) is 71.3 Å². The zero-order valence-electron chi connectivity index (χ0n) is 17.5. The first-order valence-electron chi connectivity index (χ1n) is 10.4. The predicted molar refractivity (Wildman–Crippen MR) is 114 cm³/mol. The van der Waals surface area contributed by atoms with Crippen LogP contribution in [0.3, 0.4) is 0 Å². The smallest absolute Gasteiger partial charge is 0.252 e. The fourth-order valence-corrected chi connectivity index (χ4v) is 3.83. The highest BCUT2D eigenvalue weighted by molar-refractivity contribution is 5.85. The number of nitrogens with one attached hydrogen (secondary N) is 1. The molecule has 31 heavy (non-hydrogen) atoms. The van der Waals surface area contributed by atoms with Gasteiger partial charge in [0.2, 0.25) is 0 Å². The van der Waals surface area contributed by atoms with Crippen LogP contribution in [-0.2, 0) is 27.5 Å². The summed E-state index contributed by atoms with van der Waals surface area (Å²) in [6, 6.07) is 18.6. The summed E-state index contributed by atoms with van der Waals surface area (Å²) in [5, 5.41) is 33.2. The Bertz CT molecular complexity index is 914. The molecule has 7 heteroatoms. The molecule has 2 aromatic carbocycles. The lowest BCUT2D eigenvalue weighted by Gasteiger charge is -2.43. The fourth-order valence-electron chi connectivity index (χ4n) is 3.83. The molecule has 1 amide bonds. The van der Waals surface area contributed by atoms with Crippen molar-refractivity contribution in [3.63, 3.8) is 0 Å². The number of benzene rings is 2. The Morgan fingerprint density at radius 1 is 1.13 bits per heavy atom. The molecule has 1 aliphatic carbocycles. The third-order valence-corrected chi connectivity index (χ3v) is 5.54. The van der Waals surface area contributed by atoms with Gasteiger partial charge in [0.05, 0.1) is 37.1 Å². The second-order valence-corrected chi connectivity index (χ2v) is 7.71. The van der Waals surface area contributed by atoms with Gasteiger partial charge in [-0.2, -0.15) is 5.26 Å². The molecule has 1 aliphatic rings. The van der Waals surface area contributed by atoms with E-state index in [4.69, 9.17) is 9.47 Å². The maximum Gasteiger partial charge on any atom is 0.252 e. The van der Waals surface area contributed by atoms with Gasteiger partial charge in [0.25, 0.3) is 5.91 Å². The summed E-state index contributed by atoms with van der Waals surface area (Å²) in [4.78, 5) is 13.0. The van der Waals surface area contributed by atoms with Gasteiger partial charge in [-0.25, -0.2) is 0 Å². The number of rotatable bonds is 8. The van der Waals surface area contributed by atoms with Crippen LogP contribution in [0.2, 0.25) is 0 Å². The molecular formula is C24H28N2O5. The van der Waals surface area contributed by atoms with Crippen molar-refractivity contribution in [1.82, 2.24) is 5.32 Å². The third kappa shape index (κ3) is 5.49. The number of carbonyl (C=O) groups excluding carboxylic acids is 1. The standard InChI is InChI=1S/C24H28N2O5/c1-2-26-23(29)24(31-15-17-8-4-3-5-9-17)12-20(27)22(28)21(13-24)30-16-19-11-7-6-10-18(19)14-25/h3-11,20-22,27-28H,2,12-13,15-16H2,1H3,(H,26,29)/t20-,21+,22-,24+/m1/s1. The molecule has 0 spiro atoms. The Kier molecular flexibility index (Phi) is 7.77. The number of hydrogen-bond acceptors (Lipinski definition) is 6. The number of aliphatic hydroxyl groups is 2. The molecule has 3 rings (SSSR count). The Hall–Kier alpha value is -2.76. The second-order valence-electron chi connectivity index (χ2n) is 7.71. The van der Waals surface area contributed by atoms with Crippen molar-refractivity contribution < 1.29 is 24.5 Å². The Balaban J connectivity index is 1.79. The molecule has 0 radical (unpaired) electrons. The summed E-state index contributed by atoms with van der Waals surface area (Å²) >= 11 is 0. The zero-order chi connectivity index (χ0) is 22.3. The molecule has 0 heterocycles. The van der Waals surface area contributed by atoms with Gasteiger partial charge >= 0.3 is 0 Å². The number of ether oxygens (including phenoxy) is 2. The van der Waals surface area contributed by atoms with Crippen LogP contribution in [0.1, 0.15) is 36.5 Å². The van der Waals surface area contributed by atoms with E-state index >= 15 is 0 Å². The van der Waals surface area contributed by atoms with Crippen LogP contribution >= 0.6 is 0 Å². The zero-order valence-corrected chi connectivity index (χ0v) is 17.5. The number of amides is 1. The average molecular weight is 424 g/mol. The molecule has 0 unspecified atom stereocenters. The predicted octanol–water partition coefficient (Wildman–Crippen LogP) is 2.05. The molecule has 0 aliphatic heterocycles. The van der Waals surface area contributed by atoms with Crippen molar-refractivity contribution >= 4 is 5.91 Å². The number of hydrogen-bond donors (Lipinski definition) is 3. The fraction of sp³-hybridized carbons (Fsp3) is 0.417. The van der Waals surface area contributed by atoms with Gasteiger partial charge in [0, 0.05) is 19.4 Å². The topological polar surface area (TPSA) is 112 Å². The van der Waals surface area contributed by atoms with E-state index in [0.717, 1.165) is 5.56 Å². The molecule has 1 fully saturated rings. The molecular weight excluding hydrogens is 396 g/mol. The first-order chi connectivity index (χ1) is 15.0. The second kappa shape index (κ2) is 10.5. The van der Waals surface area contributed by atoms with Gasteiger partial charge in [0.1, 0.15) is 6.10 Å². The highest BCUT2D eigenvalue weighted by Gasteiger charge is 2.51. The van der Waals surface area contributed by atoms with Gasteiger partial charge in [0.15, 0.2) is 5.60 Å². The summed E-state index contributed by atoms with van der Waals surface area (Å²) in [6.07, 6.45) is -3.16. The summed E-state index contributed by atoms with van der Waals surface area (Å²) in [6.45, 7) is 2.48. The Morgan fingerprint density at radius 3 is 2.55 bits per heavy atom. The first kappa shape index (κ1) is 22.9. The number of nitrogens with zero attached hydrogens (tertiary/aromatic N) is 1. The minimum Gasteiger partial charge on any atom is -0.390 e. The molecule has 0 saturated heterocycles. The summed E-state index contributed by atoms with van der Waals surface area (Å²) in [7, 11) is 0. The number of aliphatic hydroxyl groups excluding tert-OH is 2. The molecule has 3 N–H and O–H groups in total. The van der Waals surface area contributed by atoms with Crippen molar-refractivity contribution in [2.24, 2.45) is 0 Å². The molecule has 0 aromatic heterocycles. The van der Waals surface area contributed by atoms with Gasteiger partial charge in [-0.05, 0) is 24.1 Å². The van der Waals surface area contributed by atoms with Gasteiger partial charge < -0.3 is 25.0 Å². The van der Waals surface area contributed by atoms with Gasteiger partial charge in [-0.3, -0.25) is 4.79 Å². The van der Waals surface area contributed by atoms with Crippen molar-refractivity contribution in [1.29, 1.82) is 5.26 Å². The molecule has 0 bridgehead atoms. The van der Waals surface area contributed by atoms with Crippen molar-refractivity contribution in [3.8, 4) is 6.07 Å². The van der Waals surface area contributed by atoms with E-state index in [0.29, 0.717) is 17.7 Å². The molecule has 2 aromatic rings. The summed E-state index contributed by atoms with van der Waals surface area (Å²) < 4.78 is 12.0. The van der Waals surface area contributed by atoms with E-state index in [2.05, 4.69) is 11.4 Å². The SMILES string of the molecule is CCNC(=O)[C@]1(OCc2ccccc2)C[C@@H](O)[C@@H](O)[C@@H](OCc2ccccc2C#N)C1. The Labute approximate surface area is 182 Å². The summed E-state index contributed by atoms with van der Waals surface area (Å²) in [5.41, 5.74) is 0.700. The lowest BCUT2D eigenvalue weighted by Crippen LogP contribution is -2.60. The van der Waals surface area contributed by atoms with Crippen LogP contribution in [0.5, 0.6) is 0 Å². The van der Waals surface area contributed by atoms with Crippen LogP contribution in [0.4, 0.5) is 0 Å². The highest BCUT2D eigenvalue weighted by atomic mass is 16.5. The van der Waals surface area contributed by atoms with Crippen LogP contribution in [0.25, 0.3) is 0 Å². The van der Waals surface area contributed by atoms with Crippen molar-refractivity contribution in [2.45, 2.75) is 56.9 Å². The van der Waals surface area contributed by atoms with Gasteiger partial charge in [-0.1, -0.05) is 48.5 Å². The van der Waals surface area contributed by atoms with Crippen LogP contribution < -0.4 is 5.32 Å². The molecule has 7 nitrogen and oxygen atoms in total. The normalized spacial score (nSPS) is 25.5. The van der Waals surface area contributed by atoms with Crippen molar-refractivity contribution in [2.75, 3.05) is 6.54 Å². The molecule has 164 valence electrons. The number of carbonyl (C=O) groups is 1. The van der Waals surface area contributed by atoms with Crippen LogP contribution in [0, 0.1) is 11.3 Å². The largest absolute Gasteiger partial charge is 0.390 e. The minimum absolute atomic E-state index is 0.0402. The van der Waals surface area contributed by atoms with E-state index in [9.17, 15) is 20.3 Å². The third-order valence-electron chi connectivity index (χ3n) is 5.54. The Morgan fingerprint density at radius 2 is 1.84 bits per heavy atom. The van der Waals surface area contributed by atoms with E-state index in [-0.39, 0.29) is 32.0 Å².